The minimum atomic E-state index is -0.0455. The SMILES string of the molecule is C=CC(C)Nc1ccc(C(=O)N(C)C)cn1. The highest BCUT2D eigenvalue weighted by molar-refractivity contribution is 5.93. The van der Waals surface area contributed by atoms with E-state index in [9.17, 15) is 4.79 Å². The van der Waals surface area contributed by atoms with Crippen LogP contribution in [0.5, 0.6) is 0 Å². The lowest BCUT2D eigenvalue weighted by molar-refractivity contribution is 0.0827. The van der Waals surface area contributed by atoms with E-state index in [0.29, 0.717) is 5.56 Å². The van der Waals surface area contributed by atoms with Gasteiger partial charge in [0.2, 0.25) is 0 Å². The summed E-state index contributed by atoms with van der Waals surface area (Å²) in [5.41, 5.74) is 0.585. The van der Waals surface area contributed by atoms with Crippen molar-refractivity contribution in [2.24, 2.45) is 0 Å². The molecule has 4 nitrogen and oxygen atoms in total. The van der Waals surface area contributed by atoms with Gasteiger partial charge in [0.15, 0.2) is 0 Å². The Morgan fingerprint density at radius 3 is 2.69 bits per heavy atom. The molecule has 0 saturated carbocycles. The molecular weight excluding hydrogens is 202 g/mol. The van der Waals surface area contributed by atoms with Gasteiger partial charge in [-0.05, 0) is 19.1 Å². The second-order valence-corrected chi connectivity index (χ2v) is 3.80. The molecule has 1 rings (SSSR count). The molecule has 0 aliphatic heterocycles. The fourth-order valence-electron chi connectivity index (χ4n) is 1.16. The van der Waals surface area contributed by atoms with Gasteiger partial charge in [-0.2, -0.15) is 0 Å². The molecule has 0 aliphatic rings. The maximum atomic E-state index is 11.6. The number of carbonyl (C=O) groups is 1. The van der Waals surface area contributed by atoms with Gasteiger partial charge in [-0.3, -0.25) is 4.79 Å². The van der Waals surface area contributed by atoms with Crippen molar-refractivity contribution in [3.05, 3.63) is 36.5 Å². The van der Waals surface area contributed by atoms with Crippen molar-refractivity contribution >= 4 is 11.7 Å². The van der Waals surface area contributed by atoms with E-state index in [1.807, 2.05) is 6.92 Å². The van der Waals surface area contributed by atoms with E-state index in [0.717, 1.165) is 5.82 Å². The Morgan fingerprint density at radius 1 is 1.56 bits per heavy atom. The highest BCUT2D eigenvalue weighted by Gasteiger charge is 2.08. The van der Waals surface area contributed by atoms with Crippen LogP contribution in [0.4, 0.5) is 5.82 Å². The number of nitrogens with zero attached hydrogens (tertiary/aromatic N) is 2. The topological polar surface area (TPSA) is 45.2 Å². The van der Waals surface area contributed by atoms with E-state index in [2.05, 4.69) is 16.9 Å². The van der Waals surface area contributed by atoms with Crippen LogP contribution in [0.25, 0.3) is 0 Å². The van der Waals surface area contributed by atoms with Gasteiger partial charge in [0, 0.05) is 26.3 Å². The Kier molecular flexibility index (Phi) is 4.05. The standard InChI is InChI=1S/C12H17N3O/c1-5-9(2)14-11-7-6-10(8-13-11)12(16)15(3)4/h5-9H,1H2,2-4H3,(H,13,14). The molecule has 0 aliphatic carbocycles. The van der Waals surface area contributed by atoms with Gasteiger partial charge in [-0.25, -0.2) is 4.98 Å². The van der Waals surface area contributed by atoms with Gasteiger partial charge in [-0.1, -0.05) is 6.08 Å². The number of carbonyl (C=O) groups excluding carboxylic acids is 1. The summed E-state index contributed by atoms with van der Waals surface area (Å²) in [5, 5.41) is 3.13. The van der Waals surface area contributed by atoms with Gasteiger partial charge in [0.25, 0.3) is 5.91 Å². The zero-order chi connectivity index (χ0) is 12.1. The third-order valence-electron chi connectivity index (χ3n) is 2.15. The van der Waals surface area contributed by atoms with Crippen LogP contribution >= 0.6 is 0 Å². The first kappa shape index (κ1) is 12.2. The van der Waals surface area contributed by atoms with Crippen molar-refractivity contribution in [3.63, 3.8) is 0 Å². The summed E-state index contributed by atoms with van der Waals surface area (Å²) in [6, 6.07) is 3.70. The van der Waals surface area contributed by atoms with Crippen LogP contribution in [0.1, 0.15) is 17.3 Å². The van der Waals surface area contributed by atoms with Crippen molar-refractivity contribution in [2.75, 3.05) is 19.4 Å². The first-order valence-corrected chi connectivity index (χ1v) is 5.11. The molecule has 0 aromatic carbocycles. The number of amides is 1. The number of anilines is 1. The number of hydrogen-bond acceptors (Lipinski definition) is 3. The summed E-state index contributed by atoms with van der Waals surface area (Å²) in [6.45, 7) is 5.65. The van der Waals surface area contributed by atoms with Gasteiger partial charge < -0.3 is 10.2 Å². The second-order valence-electron chi connectivity index (χ2n) is 3.80. The van der Waals surface area contributed by atoms with Crippen LogP contribution in [0.15, 0.2) is 31.0 Å². The molecule has 0 bridgehead atoms. The van der Waals surface area contributed by atoms with Crippen molar-refractivity contribution in [3.8, 4) is 0 Å². The van der Waals surface area contributed by atoms with Crippen molar-refractivity contribution in [1.82, 2.24) is 9.88 Å². The lowest BCUT2D eigenvalue weighted by Crippen LogP contribution is -2.22. The summed E-state index contributed by atoms with van der Waals surface area (Å²) in [7, 11) is 3.43. The minimum Gasteiger partial charge on any atom is -0.364 e. The van der Waals surface area contributed by atoms with Crippen LogP contribution < -0.4 is 5.32 Å². The molecule has 0 saturated heterocycles. The lowest BCUT2D eigenvalue weighted by atomic mass is 10.2. The molecule has 1 amide bonds. The Balaban J connectivity index is 2.75. The van der Waals surface area contributed by atoms with Crippen LogP contribution in [-0.2, 0) is 0 Å². The number of nitrogens with one attached hydrogen (secondary N) is 1. The van der Waals surface area contributed by atoms with Gasteiger partial charge in [0.1, 0.15) is 5.82 Å². The largest absolute Gasteiger partial charge is 0.364 e. The van der Waals surface area contributed by atoms with E-state index in [-0.39, 0.29) is 11.9 Å². The van der Waals surface area contributed by atoms with E-state index in [1.165, 1.54) is 4.90 Å². The predicted octanol–water partition coefficient (Wildman–Crippen LogP) is 1.77. The van der Waals surface area contributed by atoms with Crippen LogP contribution in [0, 0.1) is 0 Å². The highest BCUT2D eigenvalue weighted by atomic mass is 16.2. The molecule has 1 atom stereocenters. The third-order valence-corrected chi connectivity index (χ3v) is 2.15. The maximum absolute atomic E-state index is 11.6. The molecular formula is C12H17N3O. The fourth-order valence-corrected chi connectivity index (χ4v) is 1.16. The normalized spacial score (nSPS) is 11.7. The van der Waals surface area contributed by atoms with Gasteiger partial charge in [0.05, 0.1) is 5.56 Å². The van der Waals surface area contributed by atoms with Crippen molar-refractivity contribution in [2.45, 2.75) is 13.0 Å². The first-order valence-electron chi connectivity index (χ1n) is 5.11. The quantitative estimate of drug-likeness (QED) is 0.785. The van der Waals surface area contributed by atoms with Crippen LogP contribution in [0.2, 0.25) is 0 Å². The Hall–Kier alpha value is -1.84. The average molecular weight is 219 g/mol. The molecule has 0 fully saturated rings. The summed E-state index contributed by atoms with van der Waals surface area (Å²) < 4.78 is 0. The lowest BCUT2D eigenvalue weighted by Gasteiger charge is -2.12. The molecule has 1 heterocycles. The second kappa shape index (κ2) is 5.30. The van der Waals surface area contributed by atoms with E-state index in [4.69, 9.17) is 0 Å². The maximum Gasteiger partial charge on any atom is 0.254 e. The fraction of sp³-hybridized carbons (Fsp3) is 0.333. The third kappa shape index (κ3) is 3.08. The molecule has 0 spiro atoms. The molecule has 86 valence electrons. The Morgan fingerprint density at radius 2 is 2.25 bits per heavy atom. The molecule has 1 aromatic heterocycles. The molecule has 0 radical (unpaired) electrons. The summed E-state index contributed by atoms with van der Waals surface area (Å²) >= 11 is 0. The number of hydrogen-bond donors (Lipinski definition) is 1. The summed E-state index contributed by atoms with van der Waals surface area (Å²) in [6.07, 6.45) is 3.36. The van der Waals surface area contributed by atoms with E-state index >= 15 is 0 Å². The minimum absolute atomic E-state index is 0.0455. The monoisotopic (exact) mass is 219 g/mol. The molecule has 1 unspecified atom stereocenters. The number of pyridine rings is 1. The molecule has 1 N–H and O–H groups in total. The first-order chi connectivity index (χ1) is 7.54. The highest BCUT2D eigenvalue weighted by Crippen LogP contribution is 2.08. The van der Waals surface area contributed by atoms with E-state index < -0.39 is 0 Å². The van der Waals surface area contributed by atoms with Gasteiger partial charge in [-0.15, -0.1) is 6.58 Å². The Bertz CT molecular complexity index is 370. The summed E-state index contributed by atoms with van der Waals surface area (Å²) in [5.74, 6) is 0.693. The van der Waals surface area contributed by atoms with E-state index in [1.54, 1.807) is 38.5 Å². The van der Waals surface area contributed by atoms with Crippen molar-refractivity contribution in [1.29, 1.82) is 0 Å². The van der Waals surface area contributed by atoms with Crippen molar-refractivity contribution < 1.29 is 4.79 Å². The number of rotatable bonds is 4. The molecule has 4 heteroatoms. The Labute approximate surface area is 96.0 Å². The van der Waals surface area contributed by atoms with Gasteiger partial charge >= 0.3 is 0 Å². The molecule has 1 aromatic rings. The average Bonchev–Trinajstić information content (AvgIpc) is 2.28. The predicted molar refractivity (Wildman–Crippen MR) is 65.5 cm³/mol. The zero-order valence-electron chi connectivity index (χ0n) is 9.90. The van der Waals surface area contributed by atoms with Crippen LogP contribution in [-0.4, -0.2) is 35.9 Å². The zero-order valence-corrected chi connectivity index (χ0v) is 9.90. The number of aromatic nitrogens is 1. The molecule has 16 heavy (non-hydrogen) atoms. The summed E-state index contributed by atoms with van der Waals surface area (Å²) in [4.78, 5) is 17.3. The smallest absolute Gasteiger partial charge is 0.254 e. The van der Waals surface area contributed by atoms with Crippen LogP contribution in [0.3, 0.4) is 0 Å².